The number of nitrogen functional groups attached to an aromatic ring is 1. The fourth-order valence-electron chi connectivity index (χ4n) is 2.28. The van der Waals surface area contributed by atoms with Gasteiger partial charge in [0.1, 0.15) is 10.7 Å². The maximum atomic E-state index is 12.9. The van der Waals surface area contributed by atoms with Gasteiger partial charge in [0.05, 0.1) is 5.69 Å². The lowest BCUT2D eigenvalue weighted by Crippen LogP contribution is -2.38. The topological polar surface area (TPSA) is 75.4 Å². The number of rotatable bonds is 4. The van der Waals surface area contributed by atoms with E-state index in [0.29, 0.717) is 6.54 Å². The van der Waals surface area contributed by atoms with Crippen LogP contribution >= 0.6 is 0 Å². The maximum absolute atomic E-state index is 12.9. The number of sulfonamides is 1. The molecule has 3 N–H and O–H groups in total. The average Bonchev–Trinajstić information content (AvgIpc) is 2.72. The summed E-state index contributed by atoms with van der Waals surface area (Å²) in [6.45, 7) is 1.32. The molecule has 0 bridgehead atoms. The number of nitrogens with two attached hydrogens (primary N) is 1. The van der Waals surface area contributed by atoms with Crippen LogP contribution in [0.25, 0.3) is 0 Å². The van der Waals surface area contributed by atoms with Gasteiger partial charge in [-0.05, 0) is 44.6 Å². The SMILES string of the molecule is CN1CCCC1CNS(=O)(=O)c1ccc(F)cc1N. The first kappa shape index (κ1) is 14.2. The smallest absolute Gasteiger partial charge is 0.242 e. The molecule has 2 rings (SSSR count). The van der Waals surface area contributed by atoms with E-state index in [2.05, 4.69) is 9.62 Å². The van der Waals surface area contributed by atoms with Crippen molar-refractivity contribution in [3.05, 3.63) is 24.0 Å². The lowest BCUT2D eigenvalue weighted by molar-refractivity contribution is 0.311. The zero-order chi connectivity index (χ0) is 14.0. The normalized spacial score (nSPS) is 20.8. The number of hydrogen-bond donors (Lipinski definition) is 2. The van der Waals surface area contributed by atoms with Crippen LogP contribution in [0, 0.1) is 5.82 Å². The van der Waals surface area contributed by atoms with Crippen LogP contribution in [0.15, 0.2) is 23.1 Å². The second-order valence-electron chi connectivity index (χ2n) is 4.81. The van der Waals surface area contributed by atoms with Crippen molar-refractivity contribution < 1.29 is 12.8 Å². The molecule has 0 aromatic heterocycles. The van der Waals surface area contributed by atoms with Gasteiger partial charge < -0.3 is 10.6 Å². The van der Waals surface area contributed by atoms with Crippen molar-refractivity contribution >= 4 is 15.7 Å². The minimum absolute atomic E-state index is 0.0745. The van der Waals surface area contributed by atoms with Gasteiger partial charge in [-0.3, -0.25) is 0 Å². The zero-order valence-electron chi connectivity index (χ0n) is 10.8. The van der Waals surface area contributed by atoms with Gasteiger partial charge in [0.2, 0.25) is 10.0 Å². The number of anilines is 1. The van der Waals surface area contributed by atoms with Crippen molar-refractivity contribution in [2.75, 3.05) is 25.9 Å². The number of nitrogens with one attached hydrogen (secondary N) is 1. The van der Waals surface area contributed by atoms with Crippen LogP contribution in [0.4, 0.5) is 10.1 Å². The van der Waals surface area contributed by atoms with Crippen LogP contribution in [0.2, 0.25) is 0 Å². The molecule has 19 heavy (non-hydrogen) atoms. The molecule has 1 atom stereocenters. The highest BCUT2D eigenvalue weighted by molar-refractivity contribution is 7.89. The summed E-state index contributed by atoms with van der Waals surface area (Å²) in [5.74, 6) is -0.549. The van der Waals surface area contributed by atoms with Gasteiger partial charge in [-0.15, -0.1) is 0 Å². The highest BCUT2D eigenvalue weighted by Crippen LogP contribution is 2.20. The Hall–Kier alpha value is -1.18. The molecule has 0 amide bonds. The van der Waals surface area contributed by atoms with E-state index in [4.69, 9.17) is 5.73 Å². The number of hydrogen-bond acceptors (Lipinski definition) is 4. The first-order valence-electron chi connectivity index (χ1n) is 6.15. The van der Waals surface area contributed by atoms with Gasteiger partial charge in [0.25, 0.3) is 0 Å². The summed E-state index contributed by atoms with van der Waals surface area (Å²) >= 11 is 0. The first-order valence-corrected chi connectivity index (χ1v) is 7.63. The molecule has 0 radical (unpaired) electrons. The van der Waals surface area contributed by atoms with Gasteiger partial charge in [-0.25, -0.2) is 17.5 Å². The number of likely N-dealkylation sites (N-methyl/N-ethyl adjacent to an activating group) is 1. The minimum atomic E-state index is -3.69. The number of halogens is 1. The third kappa shape index (κ3) is 3.23. The molecule has 1 aromatic rings. The van der Waals surface area contributed by atoms with Gasteiger partial charge in [0, 0.05) is 12.6 Å². The largest absolute Gasteiger partial charge is 0.398 e. The van der Waals surface area contributed by atoms with Gasteiger partial charge in [0.15, 0.2) is 0 Å². The van der Waals surface area contributed by atoms with Crippen LogP contribution in [-0.2, 0) is 10.0 Å². The third-order valence-corrected chi connectivity index (χ3v) is 4.94. The van der Waals surface area contributed by atoms with Crippen molar-refractivity contribution in [3.8, 4) is 0 Å². The summed E-state index contributed by atoms with van der Waals surface area (Å²) in [6.07, 6.45) is 2.04. The average molecular weight is 287 g/mol. The lowest BCUT2D eigenvalue weighted by Gasteiger charge is -2.19. The quantitative estimate of drug-likeness (QED) is 0.803. The lowest BCUT2D eigenvalue weighted by atomic mass is 10.2. The van der Waals surface area contributed by atoms with Gasteiger partial charge in [-0.2, -0.15) is 0 Å². The van der Waals surface area contributed by atoms with Gasteiger partial charge >= 0.3 is 0 Å². The monoisotopic (exact) mass is 287 g/mol. The molecule has 1 heterocycles. The summed E-state index contributed by atoms with van der Waals surface area (Å²) in [5.41, 5.74) is 5.47. The number of benzene rings is 1. The first-order chi connectivity index (χ1) is 8.90. The van der Waals surface area contributed by atoms with Crippen LogP contribution in [-0.4, -0.2) is 39.5 Å². The molecular weight excluding hydrogens is 269 g/mol. The summed E-state index contributed by atoms with van der Waals surface area (Å²) < 4.78 is 39.6. The summed E-state index contributed by atoms with van der Waals surface area (Å²) in [6, 6.07) is 3.49. The second kappa shape index (κ2) is 5.44. The Morgan fingerprint density at radius 3 is 2.84 bits per heavy atom. The van der Waals surface area contributed by atoms with Crippen LogP contribution in [0.3, 0.4) is 0 Å². The predicted octanol–water partition coefficient (Wildman–Crippen LogP) is 0.780. The third-order valence-electron chi connectivity index (χ3n) is 3.44. The molecular formula is C12H18FN3O2S. The van der Waals surface area contributed by atoms with Crippen LogP contribution in [0.1, 0.15) is 12.8 Å². The molecule has 1 unspecified atom stereocenters. The molecule has 5 nitrogen and oxygen atoms in total. The Bertz CT molecular complexity index is 562. The Kier molecular flexibility index (Phi) is 4.07. The molecule has 0 aliphatic carbocycles. The zero-order valence-corrected chi connectivity index (χ0v) is 11.6. The Labute approximate surface area is 112 Å². The molecule has 1 saturated heterocycles. The van der Waals surface area contributed by atoms with Crippen molar-refractivity contribution in [1.82, 2.24) is 9.62 Å². The molecule has 106 valence electrons. The Morgan fingerprint density at radius 1 is 1.53 bits per heavy atom. The molecule has 1 aliphatic heterocycles. The molecule has 1 fully saturated rings. The Balaban J connectivity index is 2.09. The molecule has 0 saturated carbocycles. The number of nitrogens with zero attached hydrogens (tertiary/aromatic N) is 1. The van der Waals surface area contributed by atoms with E-state index in [1.54, 1.807) is 0 Å². The van der Waals surface area contributed by atoms with Crippen molar-refractivity contribution in [3.63, 3.8) is 0 Å². The van der Waals surface area contributed by atoms with Gasteiger partial charge in [-0.1, -0.05) is 0 Å². The second-order valence-corrected chi connectivity index (χ2v) is 6.55. The van der Waals surface area contributed by atoms with Crippen molar-refractivity contribution in [2.45, 2.75) is 23.8 Å². The molecule has 7 heteroatoms. The standard InChI is InChI=1S/C12H18FN3O2S/c1-16-6-2-3-10(16)8-15-19(17,18)12-5-4-9(13)7-11(12)14/h4-5,7,10,15H,2-3,6,8,14H2,1H3. The summed E-state index contributed by atoms with van der Waals surface area (Å²) in [7, 11) is -1.72. The molecule has 1 aliphatic rings. The Morgan fingerprint density at radius 2 is 2.26 bits per heavy atom. The summed E-state index contributed by atoms with van der Waals surface area (Å²) in [5, 5.41) is 0. The van der Waals surface area contributed by atoms with E-state index in [1.165, 1.54) is 6.07 Å². The fourth-order valence-corrected chi connectivity index (χ4v) is 3.47. The van der Waals surface area contributed by atoms with E-state index in [-0.39, 0.29) is 16.6 Å². The van der Waals surface area contributed by atoms with E-state index in [9.17, 15) is 12.8 Å². The van der Waals surface area contributed by atoms with Crippen molar-refractivity contribution in [2.24, 2.45) is 0 Å². The molecule has 1 aromatic carbocycles. The summed E-state index contributed by atoms with van der Waals surface area (Å²) in [4.78, 5) is 2.05. The van der Waals surface area contributed by atoms with E-state index >= 15 is 0 Å². The van der Waals surface area contributed by atoms with Crippen LogP contribution < -0.4 is 10.5 Å². The number of likely N-dealkylation sites (tertiary alicyclic amines) is 1. The highest BCUT2D eigenvalue weighted by Gasteiger charge is 2.24. The van der Waals surface area contributed by atoms with E-state index in [0.717, 1.165) is 31.5 Å². The highest BCUT2D eigenvalue weighted by atomic mass is 32.2. The minimum Gasteiger partial charge on any atom is -0.398 e. The van der Waals surface area contributed by atoms with Crippen LogP contribution in [0.5, 0.6) is 0 Å². The van der Waals surface area contributed by atoms with Crippen molar-refractivity contribution in [1.29, 1.82) is 0 Å². The van der Waals surface area contributed by atoms with E-state index in [1.807, 2.05) is 7.05 Å². The predicted molar refractivity (Wildman–Crippen MR) is 71.7 cm³/mol. The van der Waals surface area contributed by atoms with E-state index < -0.39 is 15.8 Å². The molecule has 0 spiro atoms. The fraction of sp³-hybridized carbons (Fsp3) is 0.500. The maximum Gasteiger partial charge on any atom is 0.242 e.